The minimum Gasteiger partial charge on any atom is -0.497 e. The lowest BCUT2D eigenvalue weighted by Crippen LogP contribution is -2.14. The van der Waals surface area contributed by atoms with E-state index in [9.17, 15) is 10.1 Å². The van der Waals surface area contributed by atoms with Gasteiger partial charge in [0.1, 0.15) is 29.7 Å². The van der Waals surface area contributed by atoms with Crippen molar-refractivity contribution in [2.45, 2.75) is 27.4 Å². The maximum absolute atomic E-state index is 12.9. The number of carbonyl (C=O) groups is 1. The Morgan fingerprint density at radius 3 is 2.56 bits per heavy atom. The van der Waals surface area contributed by atoms with Crippen molar-refractivity contribution in [1.82, 2.24) is 0 Å². The molecule has 36 heavy (non-hydrogen) atoms. The molecule has 0 bridgehead atoms. The van der Waals surface area contributed by atoms with Crippen molar-refractivity contribution in [3.8, 4) is 17.6 Å². The summed E-state index contributed by atoms with van der Waals surface area (Å²) >= 11 is 0. The van der Waals surface area contributed by atoms with Crippen molar-refractivity contribution in [1.29, 1.82) is 5.26 Å². The molecule has 0 aliphatic rings. The minimum atomic E-state index is -0.474. The molecule has 180 valence electrons. The number of ether oxygens (including phenoxy) is 2. The van der Waals surface area contributed by atoms with E-state index in [1.165, 1.54) is 0 Å². The molecule has 1 N–H and O–H groups in total. The number of hydrogen-bond acceptors (Lipinski definition) is 4. The van der Waals surface area contributed by atoms with Crippen LogP contribution in [0.4, 0.5) is 5.69 Å². The number of amides is 1. The molecule has 4 aromatic rings. The van der Waals surface area contributed by atoms with Crippen molar-refractivity contribution in [3.05, 3.63) is 106 Å². The summed E-state index contributed by atoms with van der Waals surface area (Å²) in [7, 11) is 1.59. The standard InChI is InChI=1S/C31H28N2O3/c1-20-8-7-11-29(22(20)3)33-31(34)25(18-32)16-24-14-15-26(35-4)17-30(24)36-19-28-21(2)12-13-23-9-5-6-10-27(23)28/h5-17H,19H2,1-4H3,(H,33,34)/b25-16+. The summed E-state index contributed by atoms with van der Waals surface area (Å²) in [6.45, 7) is 6.30. The zero-order chi connectivity index (χ0) is 25.7. The van der Waals surface area contributed by atoms with Gasteiger partial charge < -0.3 is 14.8 Å². The van der Waals surface area contributed by atoms with Crippen LogP contribution < -0.4 is 14.8 Å². The summed E-state index contributed by atoms with van der Waals surface area (Å²) in [5.41, 5.74) is 5.50. The number of carbonyl (C=O) groups excluding carboxylic acids is 1. The Labute approximate surface area is 211 Å². The third kappa shape index (κ3) is 5.24. The van der Waals surface area contributed by atoms with E-state index >= 15 is 0 Å². The van der Waals surface area contributed by atoms with Gasteiger partial charge in [0.15, 0.2) is 0 Å². The van der Waals surface area contributed by atoms with Crippen molar-refractivity contribution >= 4 is 28.4 Å². The van der Waals surface area contributed by atoms with Crippen LogP contribution in [0.2, 0.25) is 0 Å². The first-order valence-electron chi connectivity index (χ1n) is 11.7. The molecule has 0 fully saturated rings. The smallest absolute Gasteiger partial charge is 0.266 e. The fourth-order valence-electron chi connectivity index (χ4n) is 4.05. The molecule has 5 nitrogen and oxygen atoms in total. The van der Waals surface area contributed by atoms with Gasteiger partial charge in [-0.05, 0) is 72.5 Å². The second kappa shape index (κ2) is 10.8. The highest BCUT2D eigenvalue weighted by molar-refractivity contribution is 6.10. The summed E-state index contributed by atoms with van der Waals surface area (Å²) in [6, 6.07) is 25.4. The number of nitriles is 1. The number of anilines is 1. The van der Waals surface area contributed by atoms with Crippen LogP contribution in [-0.2, 0) is 11.4 Å². The quantitative estimate of drug-likeness (QED) is 0.233. The van der Waals surface area contributed by atoms with Crippen LogP contribution in [0.1, 0.15) is 27.8 Å². The SMILES string of the molecule is COc1ccc(/C=C(\C#N)C(=O)Nc2cccc(C)c2C)c(OCc2c(C)ccc3ccccc23)c1. The molecule has 0 saturated carbocycles. The molecule has 0 unspecified atom stereocenters. The predicted octanol–water partition coefficient (Wildman–Crippen LogP) is 6.90. The van der Waals surface area contributed by atoms with E-state index in [1.54, 1.807) is 31.4 Å². The van der Waals surface area contributed by atoms with Gasteiger partial charge in [-0.1, -0.05) is 48.5 Å². The van der Waals surface area contributed by atoms with Crippen molar-refractivity contribution in [2.24, 2.45) is 0 Å². The molecule has 4 rings (SSSR count). The lowest BCUT2D eigenvalue weighted by atomic mass is 10.0. The first-order chi connectivity index (χ1) is 17.4. The third-order valence-corrected chi connectivity index (χ3v) is 6.39. The van der Waals surface area contributed by atoms with Crippen LogP contribution in [0.5, 0.6) is 11.5 Å². The van der Waals surface area contributed by atoms with Crippen LogP contribution in [0.25, 0.3) is 16.8 Å². The molecule has 0 atom stereocenters. The van der Waals surface area contributed by atoms with Gasteiger partial charge in [0.2, 0.25) is 0 Å². The zero-order valence-electron chi connectivity index (χ0n) is 20.9. The molecule has 0 spiro atoms. The van der Waals surface area contributed by atoms with Crippen LogP contribution in [0.3, 0.4) is 0 Å². The van der Waals surface area contributed by atoms with Crippen molar-refractivity contribution in [3.63, 3.8) is 0 Å². The Bertz CT molecular complexity index is 1510. The van der Waals surface area contributed by atoms with Gasteiger partial charge in [-0.15, -0.1) is 0 Å². The maximum atomic E-state index is 12.9. The average molecular weight is 477 g/mol. The molecule has 5 heteroatoms. The van der Waals surface area contributed by atoms with Gasteiger partial charge in [-0.2, -0.15) is 5.26 Å². The van der Waals surface area contributed by atoms with Gasteiger partial charge in [0.25, 0.3) is 5.91 Å². The van der Waals surface area contributed by atoms with Gasteiger partial charge in [-0.3, -0.25) is 4.79 Å². The number of benzene rings is 4. The largest absolute Gasteiger partial charge is 0.497 e. The van der Waals surface area contributed by atoms with E-state index in [1.807, 2.05) is 50.2 Å². The Morgan fingerprint density at radius 2 is 1.78 bits per heavy atom. The third-order valence-electron chi connectivity index (χ3n) is 6.39. The zero-order valence-corrected chi connectivity index (χ0v) is 20.9. The number of nitrogens with one attached hydrogen (secondary N) is 1. The van der Waals surface area contributed by atoms with E-state index in [0.717, 1.165) is 33.0 Å². The molecule has 0 aromatic heterocycles. The van der Waals surface area contributed by atoms with Crippen LogP contribution in [0.15, 0.2) is 78.4 Å². The lowest BCUT2D eigenvalue weighted by molar-refractivity contribution is -0.112. The van der Waals surface area contributed by atoms with Gasteiger partial charge >= 0.3 is 0 Å². The Hall–Kier alpha value is -4.56. The fraction of sp³-hybridized carbons (Fsp3) is 0.161. The Morgan fingerprint density at radius 1 is 0.972 bits per heavy atom. The second-order valence-electron chi connectivity index (χ2n) is 8.65. The van der Waals surface area contributed by atoms with E-state index in [0.29, 0.717) is 29.4 Å². The normalized spacial score (nSPS) is 11.1. The van der Waals surface area contributed by atoms with Gasteiger partial charge in [-0.25, -0.2) is 0 Å². The minimum absolute atomic E-state index is 0.0211. The van der Waals surface area contributed by atoms with Crippen LogP contribution >= 0.6 is 0 Å². The maximum Gasteiger partial charge on any atom is 0.266 e. The highest BCUT2D eigenvalue weighted by atomic mass is 16.5. The molecular formula is C31H28N2O3. The number of nitrogens with zero attached hydrogens (tertiary/aromatic N) is 1. The fourth-order valence-corrected chi connectivity index (χ4v) is 4.05. The van der Waals surface area contributed by atoms with E-state index in [4.69, 9.17) is 9.47 Å². The molecule has 4 aromatic carbocycles. The lowest BCUT2D eigenvalue weighted by Gasteiger charge is -2.15. The second-order valence-corrected chi connectivity index (χ2v) is 8.65. The molecule has 0 heterocycles. The monoisotopic (exact) mass is 476 g/mol. The Balaban J connectivity index is 1.65. The first-order valence-corrected chi connectivity index (χ1v) is 11.7. The number of rotatable bonds is 7. The summed E-state index contributed by atoms with van der Waals surface area (Å²) in [5.74, 6) is 0.668. The van der Waals surface area contributed by atoms with E-state index in [-0.39, 0.29) is 5.57 Å². The topological polar surface area (TPSA) is 71.3 Å². The number of methoxy groups -OCH3 is 1. The summed E-state index contributed by atoms with van der Waals surface area (Å²) < 4.78 is 11.7. The Kier molecular flexibility index (Phi) is 7.36. The summed E-state index contributed by atoms with van der Waals surface area (Å²) in [5, 5.41) is 14.9. The molecule has 0 radical (unpaired) electrons. The van der Waals surface area contributed by atoms with E-state index in [2.05, 4.69) is 36.5 Å². The summed E-state index contributed by atoms with van der Waals surface area (Å²) in [4.78, 5) is 12.9. The molecular weight excluding hydrogens is 448 g/mol. The number of hydrogen-bond donors (Lipinski definition) is 1. The van der Waals surface area contributed by atoms with Crippen LogP contribution in [0, 0.1) is 32.1 Å². The molecule has 0 aliphatic heterocycles. The summed E-state index contributed by atoms with van der Waals surface area (Å²) in [6.07, 6.45) is 1.55. The van der Waals surface area contributed by atoms with E-state index < -0.39 is 5.91 Å². The first kappa shape index (κ1) is 24.6. The molecule has 1 amide bonds. The van der Waals surface area contributed by atoms with Crippen molar-refractivity contribution < 1.29 is 14.3 Å². The highest BCUT2D eigenvalue weighted by Gasteiger charge is 2.14. The number of fused-ring (bicyclic) bond motifs is 1. The van der Waals surface area contributed by atoms with Crippen molar-refractivity contribution in [2.75, 3.05) is 12.4 Å². The van der Waals surface area contributed by atoms with Gasteiger partial charge in [0.05, 0.1) is 7.11 Å². The number of aryl methyl sites for hydroxylation is 2. The van der Waals surface area contributed by atoms with Crippen LogP contribution in [-0.4, -0.2) is 13.0 Å². The average Bonchev–Trinajstić information content (AvgIpc) is 2.89. The predicted molar refractivity (Wildman–Crippen MR) is 144 cm³/mol. The molecule has 0 saturated heterocycles. The molecule has 0 aliphatic carbocycles. The van der Waals surface area contributed by atoms with Gasteiger partial charge in [0, 0.05) is 22.9 Å². The highest BCUT2D eigenvalue weighted by Crippen LogP contribution is 2.30.